The number of rotatable bonds is 8. The van der Waals surface area contributed by atoms with E-state index in [2.05, 4.69) is 4.99 Å². The molecule has 0 bridgehead atoms. The summed E-state index contributed by atoms with van der Waals surface area (Å²) < 4.78 is 4.72. The van der Waals surface area contributed by atoms with Crippen molar-refractivity contribution in [2.75, 3.05) is 6.54 Å². The highest BCUT2D eigenvalue weighted by Crippen LogP contribution is 2.14. The Bertz CT molecular complexity index is 362. The number of carbonyl (C=O) groups is 2. The zero-order valence-electron chi connectivity index (χ0n) is 12.1. The summed E-state index contributed by atoms with van der Waals surface area (Å²) in [6.07, 6.45) is 1.60. The van der Waals surface area contributed by atoms with Gasteiger partial charge in [0, 0.05) is 6.54 Å². The first kappa shape index (κ1) is 18.3. The fraction of sp³-hybridized carbons (Fsp3) is 0.750. The largest absolute Gasteiger partial charge is 0.391 e. The lowest BCUT2D eigenvalue weighted by atomic mass is 9.94. The van der Waals surface area contributed by atoms with Gasteiger partial charge in [-0.3, -0.25) is 4.99 Å². The molecule has 8 nitrogen and oxygen atoms in total. The third-order valence-electron chi connectivity index (χ3n) is 3.13. The van der Waals surface area contributed by atoms with Crippen molar-refractivity contribution in [2.24, 2.45) is 27.9 Å². The molecule has 8 heteroatoms. The molecule has 0 heterocycles. The van der Waals surface area contributed by atoms with Crippen LogP contribution in [0.25, 0.3) is 0 Å². The number of guanidine groups is 1. The number of carbonyl (C=O) groups excluding carboxylic acids is 2. The van der Waals surface area contributed by atoms with E-state index in [1.165, 1.54) is 0 Å². The second-order valence-electron chi connectivity index (χ2n) is 4.63. The lowest BCUT2D eigenvalue weighted by Crippen LogP contribution is -2.50. The van der Waals surface area contributed by atoms with Crippen LogP contribution in [-0.2, 0) is 14.3 Å². The zero-order chi connectivity index (χ0) is 15.8. The van der Waals surface area contributed by atoms with Crippen molar-refractivity contribution in [3.63, 3.8) is 0 Å². The Balaban J connectivity index is 4.26. The Hall–Kier alpha value is -1.67. The fourth-order valence-corrected chi connectivity index (χ4v) is 1.44. The summed E-state index contributed by atoms with van der Waals surface area (Å²) in [6, 6.07) is -0.897. The van der Waals surface area contributed by atoms with Crippen LogP contribution in [0.15, 0.2) is 4.99 Å². The lowest BCUT2D eigenvalue weighted by Gasteiger charge is -2.23. The van der Waals surface area contributed by atoms with Crippen LogP contribution in [0.2, 0.25) is 0 Å². The Kier molecular flexibility index (Phi) is 7.78. The first-order valence-electron chi connectivity index (χ1n) is 6.62. The highest BCUT2D eigenvalue weighted by molar-refractivity contribution is 5.92. The van der Waals surface area contributed by atoms with E-state index >= 15 is 0 Å². The van der Waals surface area contributed by atoms with Gasteiger partial charge in [-0.1, -0.05) is 13.8 Å². The van der Waals surface area contributed by atoms with Crippen molar-refractivity contribution >= 4 is 17.9 Å². The molecular weight excluding hydrogens is 262 g/mol. The molecule has 0 aromatic carbocycles. The molecule has 1 atom stereocenters. The van der Waals surface area contributed by atoms with Crippen LogP contribution in [0.3, 0.4) is 0 Å². The Labute approximate surface area is 118 Å². The summed E-state index contributed by atoms with van der Waals surface area (Å²) in [5.74, 6) is -1.54. The first-order chi connectivity index (χ1) is 9.26. The number of aliphatic imine (C=N–C) groups is 1. The number of nitrogens with two attached hydrogens (primary N) is 4. The highest BCUT2D eigenvalue weighted by atomic mass is 16.6. The summed E-state index contributed by atoms with van der Waals surface area (Å²) in [6.45, 7) is 3.87. The molecule has 0 fully saturated rings. The molecule has 0 aliphatic heterocycles. The average Bonchev–Trinajstić information content (AvgIpc) is 2.41. The maximum atomic E-state index is 11.8. The van der Waals surface area contributed by atoms with Crippen molar-refractivity contribution in [3.05, 3.63) is 0 Å². The van der Waals surface area contributed by atoms with Crippen LogP contribution in [-0.4, -0.2) is 36.0 Å². The molecule has 0 saturated heterocycles. The molecule has 8 N–H and O–H groups in total. The molecule has 0 spiro atoms. The van der Waals surface area contributed by atoms with Crippen molar-refractivity contribution in [2.45, 2.75) is 51.1 Å². The van der Waals surface area contributed by atoms with Crippen molar-refractivity contribution < 1.29 is 14.3 Å². The van der Waals surface area contributed by atoms with Gasteiger partial charge in [0.1, 0.15) is 11.6 Å². The number of nitrogens with zero attached hydrogens (tertiary/aromatic N) is 1. The third kappa shape index (κ3) is 5.98. The molecule has 0 aromatic rings. The first-order valence-corrected chi connectivity index (χ1v) is 6.62. The second-order valence-corrected chi connectivity index (χ2v) is 4.63. The van der Waals surface area contributed by atoms with Gasteiger partial charge in [0.15, 0.2) is 5.96 Å². The molecule has 0 rings (SSSR count). The standard InChI is InChI=1S/C12H25N5O3/c1-3-12(16,4-2)10(19)20-9(18)8(13)6-5-7-17-11(14)15/h8H,3-7,13,16H2,1-2H3,(H4,14,15,17)/t8-/m0/s1. The molecule has 0 radical (unpaired) electrons. The summed E-state index contributed by atoms with van der Waals surface area (Å²) in [4.78, 5) is 27.2. The predicted octanol–water partition coefficient (Wildman–Crippen LogP) is -1.05. The smallest absolute Gasteiger partial charge is 0.333 e. The summed E-state index contributed by atoms with van der Waals surface area (Å²) >= 11 is 0. The van der Waals surface area contributed by atoms with Gasteiger partial charge in [-0.2, -0.15) is 0 Å². The predicted molar refractivity (Wildman–Crippen MR) is 76.5 cm³/mol. The van der Waals surface area contributed by atoms with E-state index in [-0.39, 0.29) is 5.96 Å². The van der Waals surface area contributed by atoms with Gasteiger partial charge in [-0.25, -0.2) is 9.59 Å². The number of ether oxygens (including phenoxy) is 1. The van der Waals surface area contributed by atoms with E-state index in [4.69, 9.17) is 27.7 Å². The molecule has 0 aromatic heterocycles. The Morgan fingerprint density at radius 3 is 2.25 bits per heavy atom. The van der Waals surface area contributed by atoms with Crippen molar-refractivity contribution in [1.29, 1.82) is 0 Å². The van der Waals surface area contributed by atoms with Crippen LogP contribution >= 0.6 is 0 Å². The quantitative estimate of drug-likeness (QED) is 0.146. The topological polar surface area (TPSA) is 160 Å². The Morgan fingerprint density at radius 2 is 1.80 bits per heavy atom. The maximum Gasteiger partial charge on any atom is 0.333 e. The van der Waals surface area contributed by atoms with Crippen LogP contribution in [0.4, 0.5) is 0 Å². The van der Waals surface area contributed by atoms with E-state index in [1.54, 1.807) is 13.8 Å². The van der Waals surface area contributed by atoms with Gasteiger partial charge < -0.3 is 27.7 Å². The number of hydrogen-bond acceptors (Lipinski definition) is 6. The van der Waals surface area contributed by atoms with E-state index in [9.17, 15) is 9.59 Å². The molecule has 0 unspecified atom stereocenters. The number of esters is 2. The minimum absolute atomic E-state index is 0.0184. The normalized spacial score (nSPS) is 12.6. The average molecular weight is 287 g/mol. The zero-order valence-corrected chi connectivity index (χ0v) is 12.1. The molecule has 0 saturated carbocycles. The van der Waals surface area contributed by atoms with E-state index in [0.29, 0.717) is 32.2 Å². The minimum atomic E-state index is -1.15. The summed E-state index contributed by atoms with van der Waals surface area (Å²) in [7, 11) is 0. The van der Waals surface area contributed by atoms with Crippen molar-refractivity contribution in [1.82, 2.24) is 0 Å². The summed E-state index contributed by atoms with van der Waals surface area (Å²) in [5, 5.41) is 0. The van der Waals surface area contributed by atoms with Crippen LogP contribution in [0.5, 0.6) is 0 Å². The molecule has 0 amide bonds. The van der Waals surface area contributed by atoms with Gasteiger partial charge >= 0.3 is 11.9 Å². The maximum absolute atomic E-state index is 11.8. The van der Waals surface area contributed by atoms with Crippen molar-refractivity contribution in [3.8, 4) is 0 Å². The molecule has 0 aliphatic carbocycles. The van der Waals surface area contributed by atoms with Gasteiger partial charge in [-0.15, -0.1) is 0 Å². The van der Waals surface area contributed by atoms with E-state index < -0.39 is 23.5 Å². The highest BCUT2D eigenvalue weighted by Gasteiger charge is 2.34. The van der Waals surface area contributed by atoms with E-state index in [1.807, 2.05) is 0 Å². The van der Waals surface area contributed by atoms with E-state index in [0.717, 1.165) is 0 Å². The SMILES string of the molecule is CCC(N)(CC)C(=O)OC(=O)[C@@H](N)CCCN=C(N)N. The fourth-order valence-electron chi connectivity index (χ4n) is 1.44. The van der Waals surface area contributed by atoms with Gasteiger partial charge in [0.2, 0.25) is 0 Å². The monoisotopic (exact) mass is 287 g/mol. The van der Waals surface area contributed by atoms with Crippen LogP contribution in [0, 0.1) is 0 Å². The molecule has 116 valence electrons. The second kappa shape index (κ2) is 8.49. The molecular formula is C12H25N5O3. The molecule has 0 aliphatic rings. The molecule has 20 heavy (non-hydrogen) atoms. The third-order valence-corrected chi connectivity index (χ3v) is 3.13. The van der Waals surface area contributed by atoms with Gasteiger partial charge in [-0.05, 0) is 25.7 Å². The van der Waals surface area contributed by atoms with Crippen LogP contribution in [0.1, 0.15) is 39.5 Å². The van der Waals surface area contributed by atoms with Gasteiger partial charge in [0.25, 0.3) is 0 Å². The summed E-state index contributed by atoms with van der Waals surface area (Å²) in [5.41, 5.74) is 20.6. The number of hydrogen-bond donors (Lipinski definition) is 4. The Morgan fingerprint density at radius 1 is 1.25 bits per heavy atom. The lowest BCUT2D eigenvalue weighted by molar-refractivity contribution is -0.165. The van der Waals surface area contributed by atoms with Gasteiger partial charge in [0.05, 0.1) is 0 Å². The minimum Gasteiger partial charge on any atom is -0.391 e. The van der Waals surface area contributed by atoms with Crippen LogP contribution < -0.4 is 22.9 Å².